The number of aryl methyl sites for hydroxylation is 2. The molecule has 1 N–H and O–H groups in total. The van der Waals surface area contributed by atoms with Crippen molar-refractivity contribution in [2.75, 3.05) is 44.2 Å². The molecule has 2 aromatic carbocycles. The van der Waals surface area contributed by atoms with Gasteiger partial charge < -0.3 is 10.0 Å². The molecule has 0 aliphatic carbocycles. The highest BCUT2D eigenvalue weighted by molar-refractivity contribution is 5.84. The van der Waals surface area contributed by atoms with Crippen LogP contribution in [-0.4, -0.2) is 60.5 Å². The van der Waals surface area contributed by atoms with Crippen molar-refractivity contribution >= 4 is 11.9 Å². The Morgan fingerprint density at radius 3 is 2.34 bits per heavy atom. The Morgan fingerprint density at radius 1 is 1.00 bits per heavy atom. The molecular formula is C24H34N4O. The normalized spacial score (nSPS) is 15.2. The van der Waals surface area contributed by atoms with Gasteiger partial charge in [0.1, 0.15) is 5.75 Å². The van der Waals surface area contributed by atoms with Crippen LogP contribution in [0, 0.1) is 13.8 Å². The Morgan fingerprint density at radius 2 is 1.72 bits per heavy atom. The summed E-state index contributed by atoms with van der Waals surface area (Å²) in [6.45, 7) is 15.2. The molecule has 1 aliphatic heterocycles. The van der Waals surface area contributed by atoms with Gasteiger partial charge in [0.25, 0.3) is 0 Å². The second-order valence-corrected chi connectivity index (χ2v) is 7.82. The van der Waals surface area contributed by atoms with Gasteiger partial charge in [-0.3, -0.25) is 9.91 Å². The van der Waals surface area contributed by atoms with Gasteiger partial charge in [-0.2, -0.15) is 5.10 Å². The lowest BCUT2D eigenvalue weighted by molar-refractivity contribution is 0.131. The largest absolute Gasteiger partial charge is 0.507 e. The minimum atomic E-state index is 0.284. The molecule has 0 spiro atoms. The van der Waals surface area contributed by atoms with Crippen LogP contribution in [0.2, 0.25) is 0 Å². The van der Waals surface area contributed by atoms with Crippen molar-refractivity contribution in [3.63, 3.8) is 0 Å². The lowest BCUT2D eigenvalue weighted by Crippen LogP contribution is -2.43. The average molecular weight is 395 g/mol. The number of phenolic OH excluding ortho intramolecular Hbond substituents is 1. The summed E-state index contributed by atoms with van der Waals surface area (Å²) in [7, 11) is 0. The van der Waals surface area contributed by atoms with Crippen LogP contribution in [0.5, 0.6) is 5.75 Å². The summed E-state index contributed by atoms with van der Waals surface area (Å²) in [5.74, 6) is 0.284. The van der Waals surface area contributed by atoms with Crippen LogP contribution in [0.25, 0.3) is 0 Å². The fourth-order valence-corrected chi connectivity index (χ4v) is 3.85. The minimum absolute atomic E-state index is 0.284. The van der Waals surface area contributed by atoms with Crippen LogP contribution in [0.15, 0.2) is 41.5 Å². The highest BCUT2D eigenvalue weighted by Gasteiger charge is 2.16. The number of phenols is 1. The van der Waals surface area contributed by atoms with Crippen molar-refractivity contribution < 1.29 is 5.11 Å². The van der Waals surface area contributed by atoms with Crippen LogP contribution < -0.4 is 4.90 Å². The van der Waals surface area contributed by atoms with E-state index in [1.165, 1.54) is 16.7 Å². The van der Waals surface area contributed by atoms with E-state index in [2.05, 4.69) is 71.9 Å². The SMILES string of the molecule is CCN(CC)c1ccc(/C=N/N2CCN(Cc3ccc(C)cc3C)CC2)c(O)c1. The van der Waals surface area contributed by atoms with Gasteiger partial charge in [0.2, 0.25) is 0 Å². The maximum Gasteiger partial charge on any atom is 0.126 e. The van der Waals surface area contributed by atoms with Crippen LogP contribution in [0.3, 0.4) is 0 Å². The first kappa shape index (κ1) is 21.2. The molecule has 0 saturated carbocycles. The molecule has 1 saturated heterocycles. The molecule has 0 bridgehead atoms. The first-order chi connectivity index (χ1) is 14.0. The van der Waals surface area contributed by atoms with E-state index in [1.54, 1.807) is 6.21 Å². The molecule has 2 aromatic rings. The van der Waals surface area contributed by atoms with Gasteiger partial charge in [-0.05, 0) is 51.0 Å². The predicted octanol–water partition coefficient (Wildman–Crippen LogP) is 4.01. The Hall–Kier alpha value is -2.53. The molecule has 1 fully saturated rings. The number of benzene rings is 2. The van der Waals surface area contributed by atoms with E-state index in [4.69, 9.17) is 0 Å². The molecule has 0 aromatic heterocycles. The minimum Gasteiger partial charge on any atom is -0.507 e. The van der Waals surface area contributed by atoms with Gasteiger partial charge in [-0.1, -0.05) is 23.8 Å². The van der Waals surface area contributed by atoms with Gasteiger partial charge in [-0.15, -0.1) is 0 Å². The molecule has 3 rings (SSSR count). The summed E-state index contributed by atoms with van der Waals surface area (Å²) in [6.07, 6.45) is 1.78. The van der Waals surface area contributed by atoms with Crippen LogP contribution >= 0.6 is 0 Å². The Labute approximate surface area is 175 Å². The van der Waals surface area contributed by atoms with Crippen molar-refractivity contribution in [1.29, 1.82) is 0 Å². The molecule has 0 atom stereocenters. The van der Waals surface area contributed by atoms with Crippen LogP contribution in [-0.2, 0) is 6.54 Å². The fraction of sp³-hybridized carbons (Fsp3) is 0.458. The smallest absolute Gasteiger partial charge is 0.126 e. The van der Waals surface area contributed by atoms with Crippen molar-refractivity contribution in [2.24, 2.45) is 5.10 Å². The number of aromatic hydroxyl groups is 1. The van der Waals surface area contributed by atoms with Gasteiger partial charge in [0.15, 0.2) is 0 Å². The van der Waals surface area contributed by atoms with E-state index in [9.17, 15) is 5.11 Å². The first-order valence-electron chi connectivity index (χ1n) is 10.7. The van der Waals surface area contributed by atoms with Crippen LogP contribution in [0.1, 0.15) is 36.1 Å². The van der Waals surface area contributed by atoms with E-state index in [1.807, 2.05) is 12.1 Å². The van der Waals surface area contributed by atoms with Crippen molar-refractivity contribution in [3.8, 4) is 5.75 Å². The maximum atomic E-state index is 10.4. The van der Waals surface area contributed by atoms with Crippen molar-refractivity contribution in [1.82, 2.24) is 9.91 Å². The second-order valence-electron chi connectivity index (χ2n) is 7.82. The van der Waals surface area contributed by atoms with Gasteiger partial charge >= 0.3 is 0 Å². The monoisotopic (exact) mass is 394 g/mol. The standard InChI is InChI=1S/C24H34N4O/c1-5-27(6-2)23-10-9-21(24(29)16-23)17-25-28-13-11-26(12-14-28)18-22-8-7-19(3)15-20(22)4/h7-10,15-17,29H,5-6,11-14,18H2,1-4H3/b25-17+. The molecule has 5 nitrogen and oxygen atoms in total. The van der Waals surface area contributed by atoms with E-state index < -0.39 is 0 Å². The molecule has 0 radical (unpaired) electrons. The number of hydrogen-bond donors (Lipinski definition) is 1. The number of anilines is 1. The van der Waals surface area contributed by atoms with E-state index >= 15 is 0 Å². The zero-order chi connectivity index (χ0) is 20.8. The zero-order valence-corrected chi connectivity index (χ0v) is 18.2. The molecule has 0 amide bonds. The molecule has 5 heteroatoms. The third-order valence-corrected chi connectivity index (χ3v) is 5.74. The predicted molar refractivity (Wildman–Crippen MR) is 122 cm³/mol. The highest BCUT2D eigenvalue weighted by Crippen LogP contribution is 2.24. The summed E-state index contributed by atoms with van der Waals surface area (Å²) in [5, 5.41) is 17.1. The number of piperazine rings is 1. The third kappa shape index (κ3) is 5.51. The van der Waals surface area contributed by atoms with E-state index in [0.29, 0.717) is 0 Å². The molecule has 1 aliphatic rings. The van der Waals surface area contributed by atoms with Gasteiger partial charge in [0.05, 0.1) is 6.21 Å². The second kappa shape index (κ2) is 9.79. The van der Waals surface area contributed by atoms with Crippen molar-refractivity contribution in [2.45, 2.75) is 34.2 Å². The summed E-state index contributed by atoms with van der Waals surface area (Å²) in [5.41, 5.74) is 5.90. The average Bonchev–Trinajstić information content (AvgIpc) is 2.71. The Kier molecular flexibility index (Phi) is 7.15. The third-order valence-electron chi connectivity index (χ3n) is 5.74. The van der Waals surface area contributed by atoms with Gasteiger partial charge in [0, 0.05) is 63.1 Å². The van der Waals surface area contributed by atoms with E-state index in [-0.39, 0.29) is 5.75 Å². The highest BCUT2D eigenvalue weighted by atomic mass is 16.3. The lowest BCUT2D eigenvalue weighted by Gasteiger charge is -2.33. The molecular weight excluding hydrogens is 360 g/mol. The lowest BCUT2D eigenvalue weighted by atomic mass is 10.1. The number of hydrogen-bond acceptors (Lipinski definition) is 5. The summed E-state index contributed by atoms with van der Waals surface area (Å²) in [6, 6.07) is 12.5. The summed E-state index contributed by atoms with van der Waals surface area (Å²) >= 11 is 0. The quantitative estimate of drug-likeness (QED) is 0.721. The Balaban J connectivity index is 1.54. The maximum absolute atomic E-state index is 10.4. The first-order valence-corrected chi connectivity index (χ1v) is 10.7. The zero-order valence-electron chi connectivity index (χ0n) is 18.2. The topological polar surface area (TPSA) is 42.3 Å². The number of nitrogens with zero attached hydrogens (tertiary/aromatic N) is 4. The number of hydrazone groups is 1. The number of rotatable bonds is 7. The summed E-state index contributed by atoms with van der Waals surface area (Å²) < 4.78 is 0. The molecule has 156 valence electrons. The molecule has 1 heterocycles. The summed E-state index contributed by atoms with van der Waals surface area (Å²) in [4.78, 5) is 4.70. The Bertz CT molecular complexity index is 837. The molecule has 29 heavy (non-hydrogen) atoms. The fourth-order valence-electron chi connectivity index (χ4n) is 3.85. The van der Waals surface area contributed by atoms with Crippen molar-refractivity contribution in [3.05, 3.63) is 58.7 Å². The molecule has 0 unspecified atom stereocenters. The van der Waals surface area contributed by atoms with Gasteiger partial charge in [-0.25, -0.2) is 0 Å². The van der Waals surface area contributed by atoms with E-state index in [0.717, 1.165) is 57.1 Å². The van der Waals surface area contributed by atoms with Crippen LogP contribution in [0.4, 0.5) is 5.69 Å².